The highest BCUT2D eigenvalue weighted by Gasteiger charge is 2.66. The predicted molar refractivity (Wildman–Crippen MR) is 56.4 cm³/mol. The summed E-state index contributed by atoms with van der Waals surface area (Å²) in [5, 5.41) is 0. The van der Waals surface area contributed by atoms with Gasteiger partial charge in [-0.3, -0.25) is 0 Å². The Kier molecular flexibility index (Phi) is 2.34. The van der Waals surface area contributed by atoms with Crippen LogP contribution in [0.1, 0.15) is 40.0 Å². The van der Waals surface area contributed by atoms with Gasteiger partial charge in [0.1, 0.15) is 5.60 Å². The lowest BCUT2D eigenvalue weighted by Crippen LogP contribution is -2.38. The van der Waals surface area contributed by atoms with E-state index in [4.69, 9.17) is 9.47 Å². The maximum atomic E-state index is 11.5. The van der Waals surface area contributed by atoms with E-state index >= 15 is 0 Å². The Labute approximate surface area is 91.1 Å². The molecular formula is C12H20O3. The van der Waals surface area contributed by atoms with Crippen LogP contribution in [-0.4, -0.2) is 24.8 Å². The Morgan fingerprint density at radius 1 is 1.47 bits per heavy atom. The third-order valence-electron chi connectivity index (χ3n) is 3.98. The van der Waals surface area contributed by atoms with Crippen LogP contribution < -0.4 is 0 Å². The van der Waals surface area contributed by atoms with Crippen LogP contribution in [0.25, 0.3) is 0 Å². The average Bonchev–Trinajstić information content (AvgIpc) is 2.86. The van der Waals surface area contributed by atoms with Crippen molar-refractivity contribution < 1.29 is 14.3 Å². The molecule has 0 bridgehead atoms. The van der Waals surface area contributed by atoms with Crippen molar-refractivity contribution >= 4 is 5.97 Å². The van der Waals surface area contributed by atoms with Crippen LogP contribution in [-0.2, 0) is 14.3 Å². The van der Waals surface area contributed by atoms with E-state index in [2.05, 4.69) is 20.8 Å². The summed E-state index contributed by atoms with van der Waals surface area (Å²) in [6.07, 6.45) is 3.02. The highest BCUT2D eigenvalue weighted by atomic mass is 16.7. The second-order valence-corrected chi connectivity index (χ2v) is 5.76. The molecule has 3 unspecified atom stereocenters. The van der Waals surface area contributed by atoms with E-state index < -0.39 is 0 Å². The molecule has 0 amide bonds. The molecule has 2 rings (SSSR count). The minimum atomic E-state index is -0.308. The second-order valence-electron chi connectivity index (χ2n) is 5.76. The zero-order chi connectivity index (χ0) is 11.3. The SMILES string of the molecule is COC(=O)C1OC12CC(C)(C)CCC2C. The molecule has 3 nitrogen and oxygen atoms in total. The first-order valence-corrected chi connectivity index (χ1v) is 5.67. The standard InChI is InChI=1S/C12H20O3/c1-8-5-6-11(2,3)7-12(8)9(15-12)10(13)14-4/h8-9H,5-7H2,1-4H3. The first-order chi connectivity index (χ1) is 6.91. The largest absolute Gasteiger partial charge is 0.467 e. The maximum Gasteiger partial charge on any atom is 0.338 e. The van der Waals surface area contributed by atoms with Gasteiger partial charge in [-0.15, -0.1) is 0 Å². The number of hydrogen-bond acceptors (Lipinski definition) is 3. The van der Waals surface area contributed by atoms with Gasteiger partial charge in [0, 0.05) is 0 Å². The monoisotopic (exact) mass is 212 g/mol. The summed E-state index contributed by atoms with van der Waals surface area (Å²) in [6, 6.07) is 0. The van der Waals surface area contributed by atoms with Gasteiger partial charge < -0.3 is 9.47 Å². The lowest BCUT2D eigenvalue weighted by atomic mass is 9.66. The Hall–Kier alpha value is -0.570. The van der Waals surface area contributed by atoms with Gasteiger partial charge in [-0.05, 0) is 30.6 Å². The Morgan fingerprint density at radius 3 is 2.73 bits per heavy atom. The molecule has 2 fully saturated rings. The van der Waals surface area contributed by atoms with Crippen LogP contribution in [0.5, 0.6) is 0 Å². The molecule has 1 aliphatic heterocycles. The molecule has 3 heteroatoms. The van der Waals surface area contributed by atoms with E-state index in [0.717, 1.165) is 12.8 Å². The number of methoxy groups -OCH3 is 1. The van der Waals surface area contributed by atoms with Crippen molar-refractivity contribution in [2.24, 2.45) is 11.3 Å². The van der Waals surface area contributed by atoms with Crippen molar-refractivity contribution in [2.75, 3.05) is 7.11 Å². The number of esters is 1. The predicted octanol–water partition coefficient (Wildman–Crippen LogP) is 2.14. The average molecular weight is 212 g/mol. The Morgan fingerprint density at radius 2 is 2.13 bits per heavy atom. The molecule has 0 aromatic heterocycles. The molecule has 3 atom stereocenters. The first-order valence-electron chi connectivity index (χ1n) is 5.67. The van der Waals surface area contributed by atoms with Crippen molar-refractivity contribution in [1.82, 2.24) is 0 Å². The van der Waals surface area contributed by atoms with Crippen molar-refractivity contribution in [3.05, 3.63) is 0 Å². The highest BCUT2D eigenvalue weighted by molar-refractivity contribution is 5.79. The van der Waals surface area contributed by atoms with Crippen LogP contribution in [0, 0.1) is 11.3 Å². The topological polar surface area (TPSA) is 38.8 Å². The van der Waals surface area contributed by atoms with Gasteiger partial charge in [0.15, 0.2) is 6.10 Å². The second kappa shape index (κ2) is 3.21. The van der Waals surface area contributed by atoms with Gasteiger partial charge in [0.05, 0.1) is 7.11 Å². The van der Waals surface area contributed by atoms with Crippen molar-refractivity contribution in [2.45, 2.75) is 51.7 Å². The van der Waals surface area contributed by atoms with Gasteiger partial charge in [0.2, 0.25) is 0 Å². The number of carbonyl (C=O) groups is 1. The number of epoxide rings is 1. The summed E-state index contributed by atoms with van der Waals surface area (Å²) in [6.45, 7) is 6.67. The number of carbonyl (C=O) groups excluding carboxylic acids is 1. The fourth-order valence-electron chi connectivity index (χ4n) is 2.91. The summed E-state index contributed by atoms with van der Waals surface area (Å²) in [4.78, 5) is 11.5. The van der Waals surface area contributed by atoms with Crippen LogP contribution in [0.2, 0.25) is 0 Å². The summed E-state index contributed by atoms with van der Waals surface area (Å²) in [5.41, 5.74) is 0.0735. The van der Waals surface area contributed by atoms with E-state index in [-0.39, 0.29) is 23.1 Å². The smallest absolute Gasteiger partial charge is 0.338 e. The summed E-state index contributed by atoms with van der Waals surface area (Å²) in [5.74, 6) is 0.258. The van der Waals surface area contributed by atoms with Crippen LogP contribution >= 0.6 is 0 Å². The van der Waals surface area contributed by atoms with Gasteiger partial charge in [-0.1, -0.05) is 20.8 Å². The van der Waals surface area contributed by atoms with Gasteiger partial charge >= 0.3 is 5.97 Å². The third kappa shape index (κ3) is 1.67. The third-order valence-corrected chi connectivity index (χ3v) is 3.98. The van der Waals surface area contributed by atoms with E-state index in [0.29, 0.717) is 5.92 Å². The summed E-state index contributed by atoms with van der Waals surface area (Å²) >= 11 is 0. The molecule has 15 heavy (non-hydrogen) atoms. The van der Waals surface area contributed by atoms with E-state index in [1.165, 1.54) is 13.5 Å². The Bertz CT molecular complexity index is 285. The number of rotatable bonds is 1. The molecule has 1 saturated heterocycles. The molecule has 1 aliphatic carbocycles. The molecular weight excluding hydrogens is 192 g/mol. The van der Waals surface area contributed by atoms with Crippen molar-refractivity contribution in [3.8, 4) is 0 Å². The summed E-state index contributed by atoms with van der Waals surface area (Å²) in [7, 11) is 1.43. The summed E-state index contributed by atoms with van der Waals surface area (Å²) < 4.78 is 10.4. The maximum absolute atomic E-state index is 11.5. The quantitative estimate of drug-likeness (QED) is 0.494. The van der Waals surface area contributed by atoms with Gasteiger partial charge in [-0.2, -0.15) is 0 Å². The molecule has 86 valence electrons. The van der Waals surface area contributed by atoms with Gasteiger partial charge in [-0.25, -0.2) is 4.79 Å². The van der Waals surface area contributed by atoms with Crippen LogP contribution in [0.4, 0.5) is 0 Å². The normalized spacial score (nSPS) is 42.7. The van der Waals surface area contributed by atoms with Crippen LogP contribution in [0.15, 0.2) is 0 Å². The van der Waals surface area contributed by atoms with Crippen molar-refractivity contribution in [3.63, 3.8) is 0 Å². The molecule has 0 radical (unpaired) electrons. The van der Waals surface area contributed by atoms with Crippen LogP contribution in [0.3, 0.4) is 0 Å². The van der Waals surface area contributed by atoms with E-state index in [1.54, 1.807) is 0 Å². The van der Waals surface area contributed by atoms with Gasteiger partial charge in [0.25, 0.3) is 0 Å². The molecule has 0 N–H and O–H groups in total. The zero-order valence-corrected chi connectivity index (χ0v) is 10.0. The molecule has 0 aromatic rings. The van der Waals surface area contributed by atoms with E-state index in [9.17, 15) is 4.79 Å². The zero-order valence-electron chi connectivity index (χ0n) is 10.0. The molecule has 1 heterocycles. The minimum absolute atomic E-state index is 0.209. The number of hydrogen-bond donors (Lipinski definition) is 0. The minimum Gasteiger partial charge on any atom is -0.467 e. The number of ether oxygens (including phenoxy) is 2. The molecule has 1 spiro atoms. The highest BCUT2D eigenvalue weighted by Crippen LogP contribution is 2.57. The molecule has 2 aliphatic rings. The Balaban J connectivity index is 2.12. The fraction of sp³-hybridized carbons (Fsp3) is 0.917. The first kappa shape index (κ1) is 10.9. The molecule has 0 aromatic carbocycles. The lowest BCUT2D eigenvalue weighted by molar-refractivity contribution is -0.142. The lowest BCUT2D eigenvalue weighted by Gasteiger charge is -2.38. The fourth-order valence-corrected chi connectivity index (χ4v) is 2.91. The van der Waals surface area contributed by atoms with Crippen molar-refractivity contribution in [1.29, 1.82) is 0 Å². The van der Waals surface area contributed by atoms with E-state index in [1.807, 2.05) is 0 Å². The molecule has 1 saturated carbocycles.